The zero-order chi connectivity index (χ0) is 33.4. The number of aromatic nitrogens is 1. The second-order valence-corrected chi connectivity index (χ2v) is 14.7. The van der Waals surface area contributed by atoms with Crippen LogP contribution < -0.4 is 4.90 Å². The Bertz CT molecular complexity index is 2740. The van der Waals surface area contributed by atoms with Gasteiger partial charge in [0.15, 0.2) is 0 Å². The lowest BCUT2D eigenvalue weighted by atomic mass is 9.82. The number of para-hydroxylation sites is 1. The van der Waals surface area contributed by atoms with E-state index in [4.69, 9.17) is 9.40 Å². The van der Waals surface area contributed by atoms with E-state index in [-0.39, 0.29) is 5.41 Å². The molecule has 0 bridgehead atoms. The summed E-state index contributed by atoms with van der Waals surface area (Å²) in [5.41, 5.74) is 14.7. The van der Waals surface area contributed by atoms with Crippen LogP contribution in [-0.2, 0) is 5.41 Å². The summed E-state index contributed by atoms with van der Waals surface area (Å²) in [4.78, 5) is 7.52. The average Bonchev–Trinajstić information content (AvgIpc) is 3.82. The highest BCUT2D eigenvalue weighted by Gasteiger charge is 2.35. The molecule has 0 atom stereocenters. The third kappa shape index (κ3) is 4.53. The van der Waals surface area contributed by atoms with Crippen molar-refractivity contribution in [3.05, 3.63) is 169 Å². The second kappa shape index (κ2) is 11.0. The molecule has 3 nitrogen and oxygen atoms in total. The summed E-state index contributed by atoms with van der Waals surface area (Å²) in [6, 6.07) is 56.5. The van der Waals surface area contributed by atoms with Gasteiger partial charge in [0.25, 0.3) is 0 Å². The Hall–Kier alpha value is -5.97. The molecule has 0 amide bonds. The summed E-state index contributed by atoms with van der Waals surface area (Å²) < 4.78 is 7.55. The molecule has 1 aliphatic rings. The highest BCUT2D eigenvalue weighted by Crippen LogP contribution is 2.51. The first-order chi connectivity index (χ1) is 24.5. The molecule has 9 aromatic rings. The predicted molar refractivity (Wildman–Crippen MR) is 210 cm³/mol. The van der Waals surface area contributed by atoms with Crippen LogP contribution in [-0.4, -0.2) is 4.98 Å². The van der Waals surface area contributed by atoms with Gasteiger partial charge in [0, 0.05) is 44.9 Å². The maximum atomic E-state index is 6.39. The van der Waals surface area contributed by atoms with Gasteiger partial charge in [-0.3, -0.25) is 0 Å². The molecule has 2 heterocycles. The van der Waals surface area contributed by atoms with Crippen LogP contribution in [0.3, 0.4) is 0 Å². The Morgan fingerprint density at radius 1 is 0.520 bits per heavy atom. The van der Waals surface area contributed by atoms with Crippen molar-refractivity contribution in [3.8, 4) is 32.8 Å². The SMILES string of the molecule is CC1(C)c2ccccc2-c2ccc(N(c3ccc4sc(-c5ccc(-c6ccccc6)cc5)nc4c3)c3ccc4c(c3)oc3ccccc34)cc21. The Morgan fingerprint density at radius 3 is 2.04 bits per heavy atom. The van der Waals surface area contributed by atoms with Gasteiger partial charge in [-0.05, 0) is 81.9 Å². The van der Waals surface area contributed by atoms with E-state index in [1.165, 1.54) is 33.4 Å². The topological polar surface area (TPSA) is 29.3 Å². The van der Waals surface area contributed by atoms with Crippen LogP contribution in [0.25, 0.3) is 65.0 Å². The summed E-state index contributed by atoms with van der Waals surface area (Å²) in [7, 11) is 0. The zero-order valence-corrected chi connectivity index (χ0v) is 28.5. The molecular formula is C46H32N2OS. The van der Waals surface area contributed by atoms with E-state index in [9.17, 15) is 0 Å². The smallest absolute Gasteiger partial charge is 0.137 e. The van der Waals surface area contributed by atoms with Crippen molar-refractivity contribution in [2.75, 3.05) is 4.90 Å². The van der Waals surface area contributed by atoms with Crippen molar-refractivity contribution in [1.82, 2.24) is 4.98 Å². The zero-order valence-electron chi connectivity index (χ0n) is 27.7. The predicted octanol–water partition coefficient (Wildman–Crippen LogP) is 13.3. The van der Waals surface area contributed by atoms with Gasteiger partial charge in [-0.1, -0.05) is 117 Å². The summed E-state index contributed by atoms with van der Waals surface area (Å²) >= 11 is 1.73. The van der Waals surface area contributed by atoms with Crippen LogP contribution in [0.15, 0.2) is 162 Å². The monoisotopic (exact) mass is 660 g/mol. The largest absolute Gasteiger partial charge is 0.456 e. The van der Waals surface area contributed by atoms with Crippen LogP contribution in [0.2, 0.25) is 0 Å². The molecule has 2 aromatic heterocycles. The van der Waals surface area contributed by atoms with Crippen molar-refractivity contribution >= 4 is 60.6 Å². The van der Waals surface area contributed by atoms with Gasteiger partial charge >= 0.3 is 0 Å². The molecule has 0 fully saturated rings. The van der Waals surface area contributed by atoms with Crippen LogP contribution in [0.1, 0.15) is 25.0 Å². The standard InChI is InChI=1S/C46H32N2OS/c1-46(2)39-14-8-6-12-35(39)36-23-20-32(26-40(36)46)48(34-21-24-38-37-13-7-9-15-42(37)49-43(38)28-34)33-22-25-44-41(27-33)47-45(50-44)31-18-16-30(17-19-31)29-10-4-3-5-11-29/h3-28H,1-2H3. The van der Waals surface area contributed by atoms with E-state index in [0.717, 1.165) is 59.8 Å². The minimum atomic E-state index is -0.111. The lowest BCUT2D eigenvalue weighted by Gasteiger charge is -2.28. The minimum Gasteiger partial charge on any atom is -0.456 e. The highest BCUT2D eigenvalue weighted by molar-refractivity contribution is 7.21. The molecule has 0 radical (unpaired) electrons. The van der Waals surface area contributed by atoms with Gasteiger partial charge < -0.3 is 9.32 Å². The van der Waals surface area contributed by atoms with Gasteiger partial charge in [0.2, 0.25) is 0 Å². The molecule has 50 heavy (non-hydrogen) atoms. The molecule has 10 rings (SSSR count). The number of anilines is 3. The van der Waals surface area contributed by atoms with Crippen LogP contribution in [0.4, 0.5) is 17.1 Å². The van der Waals surface area contributed by atoms with E-state index in [1.54, 1.807) is 11.3 Å². The first kappa shape index (κ1) is 29.0. The molecule has 1 aliphatic carbocycles. The molecule has 4 heteroatoms. The first-order valence-corrected chi connectivity index (χ1v) is 17.9. The Balaban J connectivity index is 1.10. The fourth-order valence-electron chi connectivity index (χ4n) is 7.75. The van der Waals surface area contributed by atoms with Crippen molar-refractivity contribution in [2.24, 2.45) is 0 Å². The highest BCUT2D eigenvalue weighted by atomic mass is 32.1. The van der Waals surface area contributed by atoms with E-state index in [2.05, 4.69) is 164 Å². The quantitative estimate of drug-likeness (QED) is 0.184. The van der Waals surface area contributed by atoms with Crippen LogP contribution in [0.5, 0.6) is 0 Å². The van der Waals surface area contributed by atoms with Crippen LogP contribution >= 0.6 is 11.3 Å². The van der Waals surface area contributed by atoms with Crippen molar-refractivity contribution < 1.29 is 4.42 Å². The summed E-state index contributed by atoms with van der Waals surface area (Å²) in [5.74, 6) is 0. The molecule has 7 aromatic carbocycles. The molecule has 0 N–H and O–H groups in total. The fourth-order valence-corrected chi connectivity index (χ4v) is 8.70. The van der Waals surface area contributed by atoms with Crippen molar-refractivity contribution in [1.29, 1.82) is 0 Å². The number of fused-ring (bicyclic) bond motifs is 7. The normalized spacial score (nSPS) is 13.2. The number of thiazole rings is 1. The third-order valence-corrected chi connectivity index (χ3v) is 11.4. The number of hydrogen-bond acceptors (Lipinski definition) is 4. The minimum absolute atomic E-state index is 0.111. The van der Waals surface area contributed by atoms with Gasteiger partial charge in [-0.25, -0.2) is 4.98 Å². The number of benzene rings is 7. The van der Waals surface area contributed by atoms with Gasteiger partial charge in [-0.15, -0.1) is 11.3 Å². The number of nitrogens with zero attached hydrogens (tertiary/aromatic N) is 2. The molecule has 0 spiro atoms. The van der Waals surface area contributed by atoms with E-state index in [1.807, 2.05) is 12.1 Å². The molecule has 0 unspecified atom stereocenters. The summed E-state index contributed by atoms with van der Waals surface area (Å²) in [5, 5.41) is 3.27. The van der Waals surface area contributed by atoms with Gasteiger partial charge in [0.05, 0.1) is 10.2 Å². The fraction of sp³-hybridized carbons (Fsp3) is 0.0652. The first-order valence-electron chi connectivity index (χ1n) is 17.0. The lowest BCUT2D eigenvalue weighted by molar-refractivity contribution is 0.660. The van der Waals surface area contributed by atoms with Gasteiger partial charge in [-0.2, -0.15) is 0 Å². The lowest BCUT2D eigenvalue weighted by Crippen LogP contribution is -2.16. The maximum Gasteiger partial charge on any atom is 0.137 e. The molecular weight excluding hydrogens is 629 g/mol. The Morgan fingerprint density at radius 2 is 1.16 bits per heavy atom. The maximum absolute atomic E-state index is 6.39. The molecule has 0 aliphatic heterocycles. The van der Waals surface area contributed by atoms with Crippen molar-refractivity contribution in [3.63, 3.8) is 0 Å². The summed E-state index contributed by atoms with van der Waals surface area (Å²) in [6.45, 7) is 4.67. The summed E-state index contributed by atoms with van der Waals surface area (Å²) in [6.07, 6.45) is 0. The van der Waals surface area contributed by atoms with Crippen LogP contribution in [0, 0.1) is 0 Å². The number of rotatable bonds is 5. The van der Waals surface area contributed by atoms with E-state index >= 15 is 0 Å². The average molecular weight is 661 g/mol. The van der Waals surface area contributed by atoms with Gasteiger partial charge in [0.1, 0.15) is 16.2 Å². The van der Waals surface area contributed by atoms with E-state index < -0.39 is 0 Å². The second-order valence-electron chi connectivity index (χ2n) is 13.6. The molecule has 0 saturated heterocycles. The molecule has 0 saturated carbocycles. The molecule has 238 valence electrons. The van der Waals surface area contributed by atoms with E-state index in [0.29, 0.717) is 0 Å². The number of hydrogen-bond donors (Lipinski definition) is 0. The van der Waals surface area contributed by atoms with Crippen molar-refractivity contribution in [2.45, 2.75) is 19.3 Å². The Kier molecular flexibility index (Phi) is 6.39. The number of furan rings is 1. The third-order valence-electron chi connectivity index (χ3n) is 10.3. The Labute approximate surface area is 294 Å².